The summed E-state index contributed by atoms with van der Waals surface area (Å²) in [5.41, 5.74) is 1.09. The van der Waals surface area contributed by atoms with Crippen LogP contribution in [0, 0.1) is 0 Å². The summed E-state index contributed by atoms with van der Waals surface area (Å²) >= 11 is 0. The maximum absolute atomic E-state index is 11.4. The number of nitrogens with one attached hydrogen (secondary N) is 3. The van der Waals surface area contributed by atoms with Crippen LogP contribution in [0.4, 0.5) is 5.69 Å². The zero-order valence-electron chi connectivity index (χ0n) is 16.1. The first kappa shape index (κ1) is 23.8. The van der Waals surface area contributed by atoms with Crippen LogP contribution in [-0.2, 0) is 10.0 Å². The molecule has 1 heterocycles. The predicted octanol–water partition coefficient (Wildman–Crippen LogP) is 0.996. The molecule has 1 saturated heterocycles. The molecule has 154 valence electrons. The van der Waals surface area contributed by atoms with Gasteiger partial charge < -0.3 is 20.3 Å². The molecule has 1 aromatic carbocycles. The number of benzene rings is 1. The highest BCUT2D eigenvalue weighted by molar-refractivity contribution is 14.0. The summed E-state index contributed by atoms with van der Waals surface area (Å²) in [5.74, 6) is 1.63. The maximum Gasteiger partial charge on any atom is 0.211 e. The fourth-order valence-corrected chi connectivity index (χ4v) is 3.48. The first-order valence-corrected chi connectivity index (χ1v) is 10.5. The predicted molar refractivity (Wildman–Crippen MR) is 121 cm³/mol. The van der Waals surface area contributed by atoms with Crippen molar-refractivity contribution >= 4 is 45.6 Å². The Bertz CT molecular complexity index is 714. The minimum atomic E-state index is -3.16. The summed E-state index contributed by atoms with van der Waals surface area (Å²) in [7, 11) is 0.231. The van der Waals surface area contributed by atoms with E-state index in [1.54, 1.807) is 21.1 Å². The van der Waals surface area contributed by atoms with Crippen LogP contribution in [0.1, 0.15) is 13.3 Å². The lowest BCUT2D eigenvalue weighted by atomic mass is 10.2. The van der Waals surface area contributed by atoms with Gasteiger partial charge in [0.25, 0.3) is 0 Å². The number of sulfonamides is 1. The molecular formula is C17H30IN5O3S. The van der Waals surface area contributed by atoms with E-state index in [2.05, 4.69) is 31.3 Å². The number of hydrogen-bond donors (Lipinski definition) is 3. The number of halogens is 1. The summed E-state index contributed by atoms with van der Waals surface area (Å²) in [6.07, 6.45) is 0.987. The number of anilines is 1. The molecule has 1 aliphatic rings. The molecule has 0 aliphatic carbocycles. The number of nitrogens with zero attached hydrogens (tertiary/aromatic N) is 2. The monoisotopic (exact) mass is 511 g/mol. The van der Waals surface area contributed by atoms with Gasteiger partial charge in [-0.3, -0.25) is 4.99 Å². The van der Waals surface area contributed by atoms with Gasteiger partial charge in [-0.25, -0.2) is 13.1 Å². The van der Waals surface area contributed by atoms with Crippen LogP contribution in [0.2, 0.25) is 0 Å². The fraction of sp³-hybridized carbons (Fsp3) is 0.588. The summed E-state index contributed by atoms with van der Waals surface area (Å²) in [4.78, 5) is 6.50. The molecule has 10 heteroatoms. The molecule has 1 fully saturated rings. The van der Waals surface area contributed by atoms with Crippen LogP contribution < -0.4 is 25.0 Å². The number of guanidine groups is 1. The molecule has 0 aromatic heterocycles. The fourth-order valence-electron chi connectivity index (χ4n) is 2.87. The molecule has 0 radical (unpaired) electrons. The average Bonchev–Trinajstić information content (AvgIpc) is 3.12. The Hall–Kier alpha value is -1.27. The van der Waals surface area contributed by atoms with E-state index in [0.717, 1.165) is 30.9 Å². The minimum Gasteiger partial charge on any atom is -0.495 e. The first-order valence-electron chi connectivity index (χ1n) is 8.81. The lowest BCUT2D eigenvalue weighted by Crippen LogP contribution is -2.46. The van der Waals surface area contributed by atoms with Gasteiger partial charge >= 0.3 is 0 Å². The Morgan fingerprint density at radius 2 is 2.07 bits per heavy atom. The van der Waals surface area contributed by atoms with Crippen molar-refractivity contribution in [2.45, 2.75) is 19.4 Å². The van der Waals surface area contributed by atoms with Crippen LogP contribution in [-0.4, -0.2) is 66.5 Å². The van der Waals surface area contributed by atoms with Crippen molar-refractivity contribution in [1.82, 2.24) is 15.4 Å². The molecule has 1 aromatic rings. The van der Waals surface area contributed by atoms with Crippen molar-refractivity contribution in [1.29, 1.82) is 0 Å². The molecule has 1 aliphatic heterocycles. The van der Waals surface area contributed by atoms with E-state index in [1.165, 1.54) is 0 Å². The quantitative estimate of drug-likeness (QED) is 0.209. The molecule has 8 nitrogen and oxygen atoms in total. The van der Waals surface area contributed by atoms with Crippen LogP contribution in [0.5, 0.6) is 5.75 Å². The van der Waals surface area contributed by atoms with Gasteiger partial charge in [-0.05, 0) is 25.5 Å². The molecule has 0 bridgehead atoms. The molecule has 3 N–H and O–H groups in total. The second-order valence-corrected chi connectivity index (χ2v) is 8.14. The van der Waals surface area contributed by atoms with Gasteiger partial charge in [0.15, 0.2) is 5.96 Å². The lowest BCUT2D eigenvalue weighted by molar-refractivity contribution is 0.415. The van der Waals surface area contributed by atoms with Gasteiger partial charge in [0.05, 0.1) is 18.6 Å². The number of para-hydroxylation sites is 2. The molecule has 0 spiro atoms. The summed E-state index contributed by atoms with van der Waals surface area (Å²) in [6, 6.07) is 8.27. The van der Waals surface area contributed by atoms with Gasteiger partial charge in [-0.15, -0.1) is 24.0 Å². The summed E-state index contributed by atoms with van der Waals surface area (Å²) in [6.45, 7) is 4.20. The minimum absolute atomic E-state index is 0. The smallest absolute Gasteiger partial charge is 0.211 e. The van der Waals surface area contributed by atoms with Gasteiger partial charge in [0, 0.05) is 39.3 Å². The zero-order valence-corrected chi connectivity index (χ0v) is 19.2. The molecule has 2 rings (SSSR count). The molecule has 0 saturated carbocycles. The van der Waals surface area contributed by atoms with E-state index < -0.39 is 10.0 Å². The Morgan fingerprint density at radius 3 is 2.74 bits per heavy atom. The SMILES string of the molecule is CCS(=O)(=O)NCCNC(=NC)NC1CCN(c2ccccc2OC)C1.I. The third-order valence-corrected chi connectivity index (χ3v) is 5.70. The highest BCUT2D eigenvalue weighted by Crippen LogP contribution is 2.30. The van der Waals surface area contributed by atoms with E-state index in [-0.39, 0.29) is 35.8 Å². The van der Waals surface area contributed by atoms with E-state index in [4.69, 9.17) is 4.74 Å². The Morgan fingerprint density at radius 1 is 1.33 bits per heavy atom. The van der Waals surface area contributed by atoms with Crippen LogP contribution in [0.15, 0.2) is 29.3 Å². The van der Waals surface area contributed by atoms with Crippen molar-refractivity contribution in [3.63, 3.8) is 0 Å². The second-order valence-electron chi connectivity index (χ2n) is 6.04. The van der Waals surface area contributed by atoms with Gasteiger partial charge in [0.2, 0.25) is 10.0 Å². The molecule has 1 unspecified atom stereocenters. The molecular weight excluding hydrogens is 481 g/mol. The normalized spacial score (nSPS) is 17.4. The molecule has 27 heavy (non-hydrogen) atoms. The van der Waals surface area contributed by atoms with Crippen molar-refractivity contribution in [2.75, 3.05) is 51.0 Å². The Labute approximate surface area is 179 Å². The number of ether oxygens (including phenoxy) is 1. The second kappa shape index (κ2) is 11.5. The highest BCUT2D eigenvalue weighted by atomic mass is 127. The standard InChI is InChI=1S/C17H29N5O3S.HI/c1-4-26(23,24)20-11-10-19-17(18-2)21-14-9-12-22(13-14)15-7-5-6-8-16(15)25-3;/h5-8,14,20H,4,9-13H2,1-3H3,(H2,18,19,21);1H. The summed E-state index contributed by atoms with van der Waals surface area (Å²) < 4.78 is 30.8. The summed E-state index contributed by atoms with van der Waals surface area (Å²) in [5, 5.41) is 6.53. The number of aliphatic imine (C=N–C) groups is 1. The van der Waals surface area contributed by atoms with E-state index >= 15 is 0 Å². The Balaban J connectivity index is 0.00000364. The lowest BCUT2D eigenvalue weighted by Gasteiger charge is -2.22. The number of rotatable bonds is 8. The van der Waals surface area contributed by atoms with Crippen molar-refractivity contribution in [3.05, 3.63) is 24.3 Å². The van der Waals surface area contributed by atoms with E-state index in [9.17, 15) is 8.42 Å². The molecule has 1 atom stereocenters. The van der Waals surface area contributed by atoms with Crippen molar-refractivity contribution < 1.29 is 13.2 Å². The van der Waals surface area contributed by atoms with Gasteiger partial charge in [-0.1, -0.05) is 12.1 Å². The molecule has 0 amide bonds. The van der Waals surface area contributed by atoms with Crippen LogP contribution in [0.25, 0.3) is 0 Å². The van der Waals surface area contributed by atoms with E-state index in [1.807, 2.05) is 18.2 Å². The van der Waals surface area contributed by atoms with Gasteiger partial charge in [-0.2, -0.15) is 0 Å². The third-order valence-electron chi connectivity index (χ3n) is 4.30. The van der Waals surface area contributed by atoms with Crippen molar-refractivity contribution in [2.24, 2.45) is 4.99 Å². The third kappa shape index (κ3) is 7.34. The topological polar surface area (TPSA) is 95.1 Å². The van der Waals surface area contributed by atoms with Crippen LogP contribution >= 0.6 is 24.0 Å². The van der Waals surface area contributed by atoms with E-state index in [0.29, 0.717) is 19.0 Å². The Kier molecular flexibility index (Phi) is 10.2. The largest absolute Gasteiger partial charge is 0.495 e. The van der Waals surface area contributed by atoms with Gasteiger partial charge in [0.1, 0.15) is 5.75 Å². The average molecular weight is 511 g/mol. The van der Waals surface area contributed by atoms with Crippen LogP contribution in [0.3, 0.4) is 0 Å². The number of methoxy groups -OCH3 is 1. The zero-order chi connectivity index (χ0) is 19.0. The van der Waals surface area contributed by atoms with Crippen molar-refractivity contribution in [3.8, 4) is 5.75 Å². The maximum atomic E-state index is 11.4. The highest BCUT2D eigenvalue weighted by Gasteiger charge is 2.25. The number of hydrogen-bond acceptors (Lipinski definition) is 5. The first-order chi connectivity index (χ1) is 12.5.